The highest BCUT2D eigenvalue weighted by Crippen LogP contribution is 2.28. The Morgan fingerprint density at radius 1 is 1.13 bits per heavy atom. The molecule has 3 rings (SSSR count). The number of rotatable bonds is 4. The second-order valence-electron chi connectivity index (χ2n) is 5.27. The van der Waals surface area contributed by atoms with E-state index in [-0.39, 0.29) is 0 Å². The molecule has 0 bridgehead atoms. The van der Waals surface area contributed by atoms with Crippen molar-refractivity contribution in [2.24, 2.45) is 5.73 Å². The van der Waals surface area contributed by atoms with Crippen LogP contribution in [0.5, 0.6) is 5.75 Å². The maximum Gasteiger partial charge on any atom is 0.266 e. The van der Waals surface area contributed by atoms with E-state index < -0.39 is 5.91 Å². The fourth-order valence-electron chi connectivity index (χ4n) is 2.48. The first-order chi connectivity index (χ1) is 11.1. The number of hydrogen-bond acceptors (Lipinski definition) is 3. The van der Waals surface area contributed by atoms with Crippen LogP contribution in [0.15, 0.2) is 48.7 Å². The number of H-pyrrole nitrogens is 1. The van der Waals surface area contributed by atoms with Gasteiger partial charge in [0.25, 0.3) is 5.91 Å². The van der Waals surface area contributed by atoms with Crippen molar-refractivity contribution in [2.45, 2.75) is 6.92 Å². The number of aromatic nitrogens is 2. The van der Waals surface area contributed by atoms with Crippen LogP contribution in [0.25, 0.3) is 22.5 Å². The molecular weight excluding hydrogens is 290 g/mol. The van der Waals surface area contributed by atoms with Crippen LogP contribution in [0, 0.1) is 6.92 Å². The molecule has 5 heteroatoms. The van der Waals surface area contributed by atoms with Gasteiger partial charge in [-0.1, -0.05) is 30.3 Å². The maximum absolute atomic E-state index is 11.2. The van der Waals surface area contributed by atoms with Crippen molar-refractivity contribution in [2.75, 3.05) is 7.11 Å². The topological polar surface area (TPSA) is 81.0 Å². The normalized spacial score (nSPS) is 10.5. The number of methoxy groups -OCH3 is 1. The van der Waals surface area contributed by atoms with Gasteiger partial charge in [0.2, 0.25) is 0 Å². The van der Waals surface area contributed by atoms with Crippen molar-refractivity contribution in [3.63, 3.8) is 0 Å². The fraction of sp³-hybridized carbons (Fsp3) is 0.111. The summed E-state index contributed by atoms with van der Waals surface area (Å²) in [4.78, 5) is 18.3. The molecule has 5 nitrogen and oxygen atoms in total. The average molecular weight is 307 g/mol. The first-order valence-electron chi connectivity index (χ1n) is 7.19. The van der Waals surface area contributed by atoms with Gasteiger partial charge in [0, 0.05) is 5.56 Å². The van der Waals surface area contributed by atoms with Crippen molar-refractivity contribution in [1.29, 1.82) is 0 Å². The number of nitrogens with two attached hydrogens (primary N) is 1. The quantitative estimate of drug-likeness (QED) is 0.777. The van der Waals surface area contributed by atoms with E-state index in [4.69, 9.17) is 10.5 Å². The average Bonchev–Trinajstić information content (AvgIpc) is 3.05. The SMILES string of the molecule is COc1ccc(-c2ccc(-c3ncc(C(N)=O)[nH]3)c(C)c2)cc1. The molecule has 116 valence electrons. The molecule has 1 heterocycles. The zero-order valence-corrected chi connectivity index (χ0v) is 13.0. The highest BCUT2D eigenvalue weighted by atomic mass is 16.5. The summed E-state index contributed by atoms with van der Waals surface area (Å²) in [5.74, 6) is 0.950. The van der Waals surface area contributed by atoms with Gasteiger partial charge in [-0.15, -0.1) is 0 Å². The molecule has 3 aromatic rings. The molecule has 0 aliphatic rings. The molecule has 23 heavy (non-hydrogen) atoms. The van der Waals surface area contributed by atoms with E-state index in [0.717, 1.165) is 28.0 Å². The number of carbonyl (C=O) groups is 1. The van der Waals surface area contributed by atoms with Crippen LogP contribution in [-0.4, -0.2) is 23.0 Å². The van der Waals surface area contributed by atoms with Gasteiger partial charge < -0.3 is 15.5 Å². The van der Waals surface area contributed by atoms with E-state index in [1.165, 1.54) is 6.20 Å². The van der Waals surface area contributed by atoms with E-state index in [9.17, 15) is 4.79 Å². The summed E-state index contributed by atoms with van der Waals surface area (Å²) < 4.78 is 5.18. The fourth-order valence-corrected chi connectivity index (χ4v) is 2.48. The molecule has 0 radical (unpaired) electrons. The lowest BCUT2D eigenvalue weighted by Gasteiger charge is -2.08. The van der Waals surface area contributed by atoms with Crippen LogP contribution in [0.2, 0.25) is 0 Å². The predicted molar refractivity (Wildman–Crippen MR) is 89.3 cm³/mol. The summed E-state index contributed by atoms with van der Waals surface area (Å²) in [5.41, 5.74) is 9.77. The minimum Gasteiger partial charge on any atom is -0.497 e. The molecule has 3 N–H and O–H groups in total. The number of aromatic amines is 1. The molecule has 0 unspecified atom stereocenters. The first-order valence-corrected chi connectivity index (χ1v) is 7.19. The summed E-state index contributed by atoms with van der Waals surface area (Å²) in [6.45, 7) is 2.01. The van der Waals surface area contributed by atoms with Crippen molar-refractivity contribution in [1.82, 2.24) is 9.97 Å². The molecule has 0 saturated heterocycles. The predicted octanol–water partition coefficient (Wildman–Crippen LogP) is 3.16. The van der Waals surface area contributed by atoms with Gasteiger partial charge >= 0.3 is 0 Å². The standard InChI is InChI=1S/C18H17N3O2/c1-11-9-13(12-3-6-14(23-2)7-4-12)5-8-15(11)18-20-10-16(21-18)17(19)22/h3-10H,1-2H3,(H2,19,22)(H,20,21). The third-order valence-electron chi connectivity index (χ3n) is 3.75. The van der Waals surface area contributed by atoms with E-state index >= 15 is 0 Å². The second kappa shape index (κ2) is 5.96. The number of primary amides is 1. The number of hydrogen-bond donors (Lipinski definition) is 2. The first kappa shape index (κ1) is 14.8. The molecule has 0 saturated carbocycles. The maximum atomic E-state index is 11.2. The molecule has 0 atom stereocenters. The number of nitrogens with zero attached hydrogens (tertiary/aromatic N) is 1. The van der Waals surface area contributed by atoms with Gasteiger partial charge in [-0.2, -0.15) is 0 Å². The lowest BCUT2D eigenvalue weighted by atomic mass is 9.99. The largest absolute Gasteiger partial charge is 0.497 e. The van der Waals surface area contributed by atoms with Gasteiger partial charge in [-0.3, -0.25) is 4.79 Å². The van der Waals surface area contributed by atoms with Crippen LogP contribution >= 0.6 is 0 Å². The van der Waals surface area contributed by atoms with Crippen LogP contribution in [0.1, 0.15) is 16.1 Å². The monoisotopic (exact) mass is 307 g/mol. The lowest BCUT2D eigenvalue weighted by molar-refractivity contribution is 0.0996. The van der Waals surface area contributed by atoms with Gasteiger partial charge in [0.15, 0.2) is 0 Å². The molecule has 0 aliphatic heterocycles. The molecule has 0 fully saturated rings. The number of amides is 1. The van der Waals surface area contributed by atoms with Crippen LogP contribution in [0.4, 0.5) is 0 Å². The van der Waals surface area contributed by atoms with Crippen LogP contribution < -0.4 is 10.5 Å². The van der Waals surface area contributed by atoms with Gasteiger partial charge in [0.1, 0.15) is 17.3 Å². The zero-order chi connectivity index (χ0) is 16.4. The van der Waals surface area contributed by atoms with E-state index in [1.54, 1.807) is 7.11 Å². The van der Waals surface area contributed by atoms with Crippen molar-refractivity contribution >= 4 is 5.91 Å². The molecule has 2 aromatic carbocycles. The number of carbonyl (C=O) groups excluding carboxylic acids is 1. The summed E-state index contributed by atoms with van der Waals surface area (Å²) in [6.07, 6.45) is 1.45. The van der Waals surface area contributed by atoms with E-state index in [0.29, 0.717) is 11.5 Å². The Morgan fingerprint density at radius 2 is 1.83 bits per heavy atom. The zero-order valence-electron chi connectivity index (χ0n) is 13.0. The van der Waals surface area contributed by atoms with Gasteiger partial charge in [0.05, 0.1) is 13.3 Å². The van der Waals surface area contributed by atoms with Crippen molar-refractivity contribution in [3.8, 4) is 28.3 Å². The number of aryl methyl sites for hydroxylation is 1. The minimum atomic E-state index is -0.517. The third-order valence-corrected chi connectivity index (χ3v) is 3.75. The third kappa shape index (κ3) is 2.94. The Morgan fingerprint density at radius 3 is 2.39 bits per heavy atom. The molecule has 0 spiro atoms. The Balaban J connectivity index is 1.94. The highest BCUT2D eigenvalue weighted by Gasteiger charge is 2.10. The van der Waals surface area contributed by atoms with Crippen LogP contribution in [0.3, 0.4) is 0 Å². The smallest absolute Gasteiger partial charge is 0.266 e. The number of nitrogens with one attached hydrogen (secondary N) is 1. The Bertz CT molecular complexity index is 851. The highest BCUT2D eigenvalue weighted by molar-refractivity contribution is 5.91. The number of imidazole rings is 1. The minimum absolute atomic E-state index is 0.304. The van der Waals surface area contributed by atoms with E-state index in [1.807, 2.05) is 43.3 Å². The summed E-state index contributed by atoms with van der Waals surface area (Å²) in [7, 11) is 1.65. The molecule has 1 aromatic heterocycles. The summed E-state index contributed by atoms with van der Waals surface area (Å²) in [6, 6.07) is 14.0. The number of benzene rings is 2. The van der Waals surface area contributed by atoms with Crippen molar-refractivity contribution in [3.05, 3.63) is 59.9 Å². The number of ether oxygens (including phenoxy) is 1. The molecule has 0 aliphatic carbocycles. The van der Waals surface area contributed by atoms with Crippen molar-refractivity contribution < 1.29 is 9.53 Å². The summed E-state index contributed by atoms with van der Waals surface area (Å²) in [5, 5.41) is 0. The second-order valence-corrected chi connectivity index (χ2v) is 5.27. The molecule has 1 amide bonds. The lowest BCUT2D eigenvalue weighted by Crippen LogP contribution is -2.11. The Hall–Kier alpha value is -3.08. The van der Waals surface area contributed by atoms with Gasteiger partial charge in [-0.05, 0) is 35.7 Å². The Labute approximate surface area is 134 Å². The molecular formula is C18H17N3O2. The van der Waals surface area contributed by atoms with Crippen LogP contribution in [-0.2, 0) is 0 Å². The Kier molecular flexibility index (Phi) is 3.85. The summed E-state index contributed by atoms with van der Waals surface area (Å²) >= 11 is 0. The van der Waals surface area contributed by atoms with Gasteiger partial charge in [-0.25, -0.2) is 4.98 Å². The van der Waals surface area contributed by atoms with E-state index in [2.05, 4.69) is 16.0 Å².